The Balaban J connectivity index is 1.40. The summed E-state index contributed by atoms with van der Waals surface area (Å²) < 4.78 is 0. The van der Waals surface area contributed by atoms with Crippen LogP contribution >= 0.6 is 23.2 Å². The maximum Gasteiger partial charge on any atom is 0.271 e. The zero-order chi connectivity index (χ0) is 25.1. The van der Waals surface area contributed by atoms with Gasteiger partial charge < -0.3 is 21.5 Å². The summed E-state index contributed by atoms with van der Waals surface area (Å²) in [6.45, 7) is 6.50. The molecule has 0 aliphatic carbocycles. The van der Waals surface area contributed by atoms with Gasteiger partial charge in [-0.1, -0.05) is 42.3 Å². The van der Waals surface area contributed by atoms with Crippen molar-refractivity contribution < 1.29 is 9.90 Å². The number of rotatable bonds is 7. The van der Waals surface area contributed by atoms with Crippen LogP contribution in [0.5, 0.6) is 0 Å². The van der Waals surface area contributed by atoms with Crippen LogP contribution in [0.1, 0.15) is 48.3 Å². The summed E-state index contributed by atoms with van der Waals surface area (Å²) in [6.07, 6.45) is 3.07. The number of aromatic nitrogens is 2. The molecule has 9 nitrogen and oxygen atoms in total. The van der Waals surface area contributed by atoms with Gasteiger partial charge in [0.05, 0.1) is 12.6 Å². The molecule has 2 aliphatic rings. The monoisotopic (exact) mass is 521 g/mol. The van der Waals surface area contributed by atoms with Gasteiger partial charge in [-0.15, -0.1) is 0 Å². The number of amides is 1. The molecule has 0 unspecified atom stereocenters. The number of piperazine rings is 1. The second-order valence-corrected chi connectivity index (χ2v) is 9.99. The highest BCUT2D eigenvalue weighted by molar-refractivity contribution is 6.32. The lowest BCUT2D eigenvalue weighted by Crippen LogP contribution is -2.58. The summed E-state index contributed by atoms with van der Waals surface area (Å²) in [5, 5.41) is 10.9. The van der Waals surface area contributed by atoms with Crippen LogP contribution in [-0.4, -0.2) is 82.2 Å². The van der Waals surface area contributed by atoms with Crippen LogP contribution in [0.25, 0.3) is 0 Å². The Morgan fingerprint density at radius 3 is 2.43 bits per heavy atom. The van der Waals surface area contributed by atoms with Crippen molar-refractivity contribution >= 4 is 40.7 Å². The second-order valence-electron chi connectivity index (χ2n) is 9.20. The third-order valence-electron chi connectivity index (χ3n) is 7.23. The van der Waals surface area contributed by atoms with E-state index in [9.17, 15) is 9.90 Å². The first kappa shape index (κ1) is 25.9. The third kappa shape index (κ3) is 5.65. The SMILES string of the molecule is CC[C@H]1CN(c2nc(N)c(C(N)=O)nc2Cl)CCN1C1CCN([C@H](CO)c2ccc(Cl)cc2)CC1. The van der Waals surface area contributed by atoms with Crippen LogP contribution in [0.2, 0.25) is 10.2 Å². The number of nitrogen functional groups attached to an aromatic ring is 1. The largest absolute Gasteiger partial charge is 0.394 e. The maximum absolute atomic E-state index is 11.5. The van der Waals surface area contributed by atoms with Crippen LogP contribution in [-0.2, 0) is 0 Å². The van der Waals surface area contributed by atoms with Crippen molar-refractivity contribution in [3.63, 3.8) is 0 Å². The second kappa shape index (κ2) is 11.3. The number of aliphatic hydroxyl groups is 1. The number of benzene rings is 1. The Hall–Kier alpha value is -2.17. The van der Waals surface area contributed by atoms with Crippen molar-refractivity contribution in [1.82, 2.24) is 19.8 Å². The molecule has 1 aromatic carbocycles. The summed E-state index contributed by atoms with van der Waals surface area (Å²) in [7, 11) is 0. The van der Waals surface area contributed by atoms with Gasteiger partial charge >= 0.3 is 0 Å². The first-order valence-corrected chi connectivity index (χ1v) is 12.8. The van der Waals surface area contributed by atoms with E-state index >= 15 is 0 Å². The van der Waals surface area contributed by atoms with Crippen molar-refractivity contribution in [3.05, 3.63) is 45.7 Å². The van der Waals surface area contributed by atoms with Gasteiger partial charge in [-0.05, 0) is 37.0 Å². The molecule has 1 amide bonds. The molecule has 2 aromatic rings. The molecule has 3 heterocycles. The molecule has 5 N–H and O–H groups in total. The van der Waals surface area contributed by atoms with Crippen molar-refractivity contribution in [2.24, 2.45) is 5.73 Å². The lowest BCUT2D eigenvalue weighted by atomic mass is 9.96. The van der Waals surface area contributed by atoms with Gasteiger partial charge in [0.1, 0.15) is 0 Å². The van der Waals surface area contributed by atoms with Crippen LogP contribution < -0.4 is 16.4 Å². The highest BCUT2D eigenvalue weighted by Gasteiger charge is 2.35. The topological polar surface area (TPSA) is 125 Å². The number of nitrogens with zero attached hydrogens (tertiary/aromatic N) is 5. The summed E-state index contributed by atoms with van der Waals surface area (Å²) >= 11 is 12.4. The molecular weight excluding hydrogens is 489 g/mol. The molecule has 2 atom stereocenters. The van der Waals surface area contributed by atoms with Gasteiger partial charge in [0.25, 0.3) is 5.91 Å². The number of anilines is 2. The van der Waals surface area contributed by atoms with Gasteiger partial charge in [-0.25, -0.2) is 9.97 Å². The normalized spacial score (nSPS) is 21.3. The molecule has 35 heavy (non-hydrogen) atoms. The lowest BCUT2D eigenvalue weighted by Gasteiger charge is -2.48. The molecule has 4 rings (SSSR count). The molecule has 190 valence electrons. The van der Waals surface area contributed by atoms with Crippen molar-refractivity contribution in [2.45, 2.75) is 44.3 Å². The summed E-state index contributed by atoms with van der Waals surface area (Å²) in [4.78, 5) is 27.0. The number of likely N-dealkylation sites (tertiary alicyclic amines) is 1. The lowest BCUT2D eigenvalue weighted by molar-refractivity contribution is 0.0356. The Bertz CT molecular complexity index is 1030. The van der Waals surface area contributed by atoms with E-state index in [2.05, 4.69) is 31.6 Å². The number of piperidine rings is 1. The number of aliphatic hydroxyl groups excluding tert-OH is 1. The van der Waals surface area contributed by atoms with E-state index in [1.54, 1.807) is 0 Å². The van der Waals surface area contributed by atoms with E-state index < -0.39 is 5.91 Å². The molecule has 1 aromatic heterocycles. The standard InChI is InChI=1S/C24H33Cl2N7O2/c1-2-17-13-32(24-21(26)29-20(23(28)35)22(27)30-24)11-12-33(17)18-7-9-31(10-8-18)19(14-34)15-3-5-16(25)6-4-15/h3-6,17-19,34H,2,7-14H2,1H3,(H2,27,30)(H2,28,35)/t17-,19+/m0/s1. The molecule has 2 aliphatic heterocycles. The summed E-state index contributed by atoms with van der Waals surface area (Å²) in [5.74, 6) is -0.250. The number of nitrogens with two attached hydrogens (primary N) is 2. The van der Waals surface area contributed by atoms with Crippen molar-refractivity contribution in [3.8, 4) is 0 Å². The maximum atomic E-state index is 11.5. The number of halogens is 2. The highest BCUT2D eigenvalue weighted by Crippen LogP contribution is 2.31. The fourth-order valence-corrected chi connectivity index (χ4v) is 5.73. The average Bonchev–Trinajstić information content (AvgIpc) is 2.86. The Labute approximate surface area is 216 Å². The van der Waals surface area contributed by atoms with Gasteiger partial charge in [0.15, 0.2) is 22.5 Å². The molecule has 0 spiro atoms. The Morgan fingerprint density at radius 2 is 1.83 bits per heavy atom. The fourth-order valence-electron chi connectivity index (χ4n) is 5.35. The highest BCUT2D eigenvalue weighted by atomic mass is 35.5. The minimum atomic E-state index is -0.745. The minimum absolute atomic E-state index is 0.00104. The van der Waals surface area contributed by atoms with E-state index in [4.69, 9.17) is 34.7 Å². The summed E-state index contributed by atoms with van der Waals surface area (Å²) in [6, 6.07) is 8.55. The van der Waals surface area contributed by atoms with Crippen molar-refractivity contribution in [1.29, 1.82) is 0 Å². The zero-order valence-corrected chi connectivity index (χ0v) is 21.4. The molecule has 2 saturated heterocycles. The van der Waals surface area contributed by atoms with E-state index in [0.717, 1.165) is 57.5 Å². The van der Waals surface area contributed by atoms with Gasteiger partial charge in [0, 0.05) is 49.8 Å². The minimum Gasteiger partial charge on any atom is -0.394 e. The number of primary amides is 1. The van der Waals surface area contributed by atoms with E-state index in [-0.39, 0.29) is 29.3 Å². The predicted molar refractivity (Wildman–Crippen MR) is 139 cm³/mol. The quantitative estimate of drug-likeness (QED) is 0.507. The van der Waals surface area contributed by atoms with Crippen LogP contribution in [0.3, 0.4) is 0 Å². The van der Waals surface area contributed by atoms with Crippen molar-refractivity contribution in [2.75, 3.05) is 50.0 Å². The molecular formula is C24H33Cl2N7O2. The fraction of sp³-hybridized carbons (Fsp3) is 0.542. The van der Waals surface area contributed by atoms with E-state index in [1.807, 2.05) is 24.3 Å². The number of carbonyl (C=O) groups is 1. The average molecular weight is 522 g/mol. The zero-order valence-electron chi connectivity index (χ0n) is 19.9. The third-order valence-corrected chi connectivity index (χ3v) is 7.74. The number of carbonyl (C=O) groups excluding carboxylic acids is 1. The predicted octanol–water partition coefficient (Wildman–Crippen LogP) is 2.56. The molecule has 0 radical (unpaired) electrons. The first-order chi connectivity index (χ1) is 16.8. The van der Waals surface area contributed by atoms with Crippen LogP contribution in [0, 0.1) is 0 Å². The Morgan fingerprint density at radius 1 is 1.14 bits per heavy atom. The first-order valence-electron chi connectivity index (χ1n) is 12.1. The molecule has 11 heteroatoms. The molecule has 0 bridgehead atoms. The Kier molecular flexibility index (Phi) is 8.34. The molecule has 2 fully saturated rings. The van der Waals surface area contributed by atoms with Crippen LogP contribution in [0.15, 0.2) is 24.3 Å². The van der Waals surface area contributed by atoms with E-state index in [1.165, 1.54) is 0 Å². The molecule has 0 saturated carbocycles. The van der Waals surface area contributed by atoms with Gasteiger partial charge in [-0.2, -0.15) is 0 Å². The van der Waals surface area contributed by atoms with Gasteiger partial charge in [0.2, 0.25) is 0 Å². The van der Waals surface area contributed by atoms with E-state index in [0.29, 0.717) is 22.9 Å². The summed E-state index contributed by atoms with van der Waals surface area (Å²) in [5.41, 5.74) is 12.2. The van der Waals surface area contributed by atoms with Crippen LogP contribution in [0.4, 0.5) is 11.6 Å². The smallest absolute Gasteiger partial charge is 0.271 e. The van der Waals surface area contributed by atoms with Gasteiger partial charge in [-0.3, -0.25) is 14.6 Å². The number of hydrogen-bond donors (Lipinski definition) is 3. The number of hydrogen-bond acceptors (Lipinski definition) is 8.